The fourth-order valence-electron chi connectivity index (χ4n) is 0.379. The second-order valence-electron chi connectivity index (χ2n) is 1.25. The molecule has 1 aromatic rings. The maximum absolute atomic E-state index is 5.00. The molecule has 0 radical (unpaired) electrons. The first-order valence-corrected chi connectivity index (χ1v) is 2.18. The van der Waals surface area contributed by atoms with Crippen LogP contribution in [0.2, 0.25) is 0 Å². The number of nitrogens with two attached hydrogens (primary N) is 1. The standard InChI is InChI=1S/C4H6N4.ClH/c5-7-4-2-1-3-6-8-4;/h1-3H,5H2,(H,7,8);1H. The van der Waals surface area contributed by atoms with Crippen molar-refractivity contribution in [2.75, 3.05) is 5.43 Å². The van der Waals surface area contributed by atoms with Crippen LogP contribution in [0.5, 0.6) is 0 Å². The van der Waals surface area contributed by atoms with Crippen LogP contribution in [0.3, 0.4) is 0 Å². The summed E-state index contributed by atoms with van der Waals surface area (Å²) < 4.78 is 0. The summed E-state index contributed by atoms with van der Waals surface area (Å²) in [7, 11) is 0. The van der Waals surface area contributed by atoms with E-state index >= 15 is 0 Å². The lowest BCUT2D eigenvalue weighted by Crippen LogP contribution is -2.08. The van der Waals surface area contributed by atoms with Gasteiger partial charge in [-0.05, 0) is 12.1 Å². The topological polar surface area (TPSA) is 63.8 Å². The van der Waals surface area contributed by atoms with Crippen LogP contribution in [0.25, 0.3) is 0 Å². The molecular formula is C4H7ClN4. The smallest absolute Gasteiger partial charge is 0.162 e. The predicted octanol–water partition coefficient (Wildman–Crippen LogP) is 0.184. The van der Waals surface area contributed by atoms with E-state index < -0.39 is 0 Å². The highest BCUT2D eigenvalue weighted by Crippen LogP contribution is 1.91. The van der Waals surface area contributed by atoms with Gasteiger partial charge in [0.15, 0.2) is 5.82 Å². The second kappa shape index (κ2) is 4.05. The number of anilines is 1. The van der Waals surface area contributed by atoms with Crippen LogP contribution in [0.1, 0.15) is 0 Å². The summed E-state index contributed by atoms with van der Waals surface area (Å²) >= 11 is 0. The fraction of sp³-hybridized carbons (Fsp3) is 0. The lowest BCUT2D eigenvalue weighted by Gasteiger charge is -1.91. The largest absolute Gasteiger partial charge is 0.307 e. The quantitative estimate of drug-likeness (QED) is 0.439. The first kappa shape index (κ1) is 8.13. The van der Waals surface area contributed by atoms with E-state index in [0.29, 0.717) is 5.82 Å². The molecular weight excluding hydrogens is 140 g/mol. The molecule has 0 saturated heterocycles. The number of nitrogens with one attached hydrogen (secondary N) is 1. The highest BCUT2D eigenvalue weighted by molar-refractivity contribution is 5.85. The summed E-state index contributed by atoms with van der Waals surface area (Å²) in [5, 5.41) is 7.17. The fourth-order valence-corrected chi connectivity index (χ4v) is 0.379. The number of hydrogen-bond acceptors (Lipinski definition) is 4. The minimum Gasteiger partial charge on any atom is -0.307 e. The molecule has 0 atom stereocenters. The number of hydrogen-bond donors (Lipinski definition) is 2. The van der Waals surface area contributed by atoms with E-state index in [4.69, 9.17) is 5.84 Å². The average Bonchev–Trinajstić information content (AvgIpc) is 1.90. The molecule has 0 aliphatic carbocycles. The summed E-state index contributed by atoms with van der Waals surface area (Å²) in [6.45, 7) is 0. The van der Waals surface area contributed by atoms with Crippen molar-refractivity contribution in [2.45, 2.75) is 0 Å². The van der Waals surface area contributed by atoms with Crippen LogP contribution in [0.15, 0.2) is 18.3 Å². The zero-order valence-corrected chi connectivity index (χ0v) is 5.43. The molecule has 0 aliphatic rings. The molecule has 0 spiro atoms. The Hall–Kier alpha value is -0.870. The van der Waals surface area contributed by atoms with E-state index in [1.165, 1.54) is 0 Å². The third-order valence-corrected chi connectivity index (χ3v) is 0.720. The van der Waals surface area contributed by atoms with E-state index in [-0.39, 0.29) is 12.4 Å². The molecule has 5 heteroatoms. The molecule has 0 amide bonds. The van der Waals surface area contributed by atoms with Gasteiger partial charge in [-0.2, -0.15) is 5.10 Å². The van der Waals surface area contributed by atoms with Gasteiger partial charge in [-0.3, -0.25) is 0 Å². The SMILES string of the molecule is Cl.NNc1cccnn1. The Morgan fingerprint density at radius 2 is 2.33 bits per heavy atom. The number of aromatic nitrogens is 2. The van der Waals surface area contributed by atoms with Crippen molar-refractivity contribution < 1.29 is 0 Å². The molecule has 4 nitrogen and oxygen atoms in total. The normalized spacial score (nSPS) is 7.67. The third-order valence-electron chi connectivity index (χ3n) is 0.720. The Bertz CT molecular complexity index is 154. The molecule has 50 valence electrons. The molecule has 3 N–H and O–H groups in total. The Kier molecular flexibility index (Phi) is 3.66. The monoisotopic (exact) mass is 146 g/mol. The molecule has 0 aromatic carbocycles. The van der Waals surface area contributed by atoms with Crippen molar-refractivity contribution in [3.63, 3.8) is 0 Å². The number of nitrogen functional groups attached to an aromatic ring is 1. The summed E-state index contributed by atoms with van der Waals surface area (Å²) in [5.74, 6) is 5.57. The van der Waals surface area contributed by atoms with Gasteiger partial charge in [0.1, 0.15) is 0 Å². The van der Waals surface area contributed by atoms with Gasteiger partial charge in [-0.25, -0.2) is 5.84 Å². The van der Waals surface area contributed by atoms with Gasteiger partial charge in [0.05, 0.1) is 0 Å². The molecule has 0 saturated carbocycles. The molecule has 0 fully saturated rings. The van der Waals surface area contributed by atoms with Gasteiger partial charge >= 0.3 is 0 Å². The van der Waals surface area contributed by atoms with Crippen LogP contribution in [-0.2, 0) is 0 Å². The zero-order chi connectivity index (χ0) is 5.82. The summed E-state index contributed by atoms with van der Waals surface area (Å²) in [4.78, 5) is 0. The number of halogens is 1. The average molecular weight is 147 g/mol. The van der Waals surface area contributed by atoms with Crippen molar-refractivity contribution in [1.82, 2.24) is 10.2 Å². The first-order chi connectivity index (χ1) is 3.93. The van der Waals surface area contributed by atoms with Gasteiger partial charge in [0.2, 0.25) is 0 Å². The van der Waals surface area contributed by atoms with E-state index in [1.54, 1.807) is 18.3 Å². The maximum Gasteiger partial charge on any atom is 0.162 e. The highest BCUT2D eigenvalue weighted by Gasteiger charge is 1.81. The van der Waals surface area contributed by atoms with Gasteiger partial charge in [-0.15, -0.1) is 17.5 Å². The second-order valence-corrected chi connectivity index (χ2v) is 1.25. The summed E-state index contributed by atoms with van der Waals surface area (Å²) in [6.07, 6.45) is 1.58. The molecule has 0 unspecified atom stereocenters. The number of hydrazine groups is 1. The molecule has 0 aliphatic heterocycles. The highest BCUT2D eigenvalue weighted by atomic mass is 35.5. The van der Waals surface area contributed by atoms with Crippen molar-refractivity contribution in [3.8, 4) is 0 Å². The lowest BCUT2D eigenvalue weighted by atomic mass is 10.5. The minimum absolute atomic E-state index is 0. The zero-order valence-electron chi connectivity index (χ0n) is 4.61. The van der Waals surface area contributed by atoms with Crippen LogP contribution in [0.4, 0.5) is 5.82 Å². The maximum atomic E-state index is 5.00. The Balaban J connectivity index is 0.000000640. The first-order valence-electron chi connectivity index (χ1n) is 2.18. The van der Waals surface area contributed by atoms with E-state index in [2.05, 4.69) is 15.6 Å². The van der Waals surface area contributed by atoms with E-state index in [1.807, 2.05) is 0 Å². The van der Waals surface area contributed by atoms with Crippen LogP contribution in [0, 0.1) is 0 Å². The molecule has 1 rings (SSSR count). The molecule has 1 heterocycles. The number of rotatable bonds is 1. The van der Waals surface area contributed by atoms with Gasteiger partial charge < -0.3 is 5.43 Å². The molecule has 1 aromatic heterocycles. The summed E-state index contributed by atoms with van der Waals surface area (Å²) in [5.41, 5.74) is 2.35. The predicted molar refractivity (Wildman–Crippen MR) is 37.1 cm³/mol. The van der Waals surface area contributed by atoms with E-state index in [0.717, 1.165) is 0 Å². The van der Waals surface area contributed by atoms with Crippen molar-refractivity contribution in [3.05, 3.63) is 18.3 Å². The van der Waals surface area contributed by atoms with Crippen molar-refractivity contribution in [2.24, 2.45) is 5.84 Å². The van der Waals surface area contributed by atoms with Crippen molar-refractivity contribution >= 4 is 18.2 Å². The third kappa shape index (κ3) is 2.25. The minimum atomic E-state index is 0. The Morgan fingerprint density at radius 3 is 2.67 bits per heavy atom. The van der Waals surface area contributed by atoms with Crippen LogP contribution < -0.4 is 11.3 Å². The Morgan fingerprint density at radius 1 is 1.56 bits per heavy atom. The van der Waals surface area contributed by atoms with Crippen LogP contribution >= 0.6 is 12.4 Å². The van der Waals surface area contributed by atoms with Gasteiger partial charge in [0, 0.05) is 6.20 Å². The summed E-state index contributed by atoms with van der Waals surface area (Å²) in [6, 6.07) is 3.48. The lowest BCUT2D eigenvalue weighted by molar-refractivity contribution is 1.02. The van der Waals surface area contributed by atoms with Crippen LogP contribution in [-0.4, -0.2) is 10.2 Å². The van der Waals surface area contributed by atoms with E-state index in [9.17, 15) is 0 Å². The van der Waals surface area contributed by atoms with Gasteiger partial charge in [0.25, 0.3) is 0 Å². The van der Waals surface area contributed by atoms with Gasteiger partial charge in [-0.1, -0.05) is 0 Å². The Labute approximate surface area is 58.9 Å². The number of nitrogens with zero attached hydrogens (tertiary/aromatic N) is 2. The molecule has 0 bridgehead atoms. The van der Waals surface area contributed by atoms with Crippen molar-refractivity contribution in [1.29, 1.82) is 0 Å². The molecule has 9 heavy (non-hydrogen) atoms.